The molecule has 7 nitrogen and oxygen atoms in total. The molecule has 0 spiro atoms. The summed E-state index contributed by atoms with van der Waals surface area (Å²) in [5, 5.41) is 19.1. The highest BCUT2D eigenvalue weighted by Crippen LogP contribution is 2.12. The van der Waals surface area contributed by atoms with Gasteiger partial charge >= 0.3 is 6.03 Å². The Morgan fingerprint density at radius 2 is 2.17 bits per heavy atom. The van der Waals surface area contributed by atoms with Gasteiger partial charge in [-0.05, 0) is 17.7 Å². The van der Waals surface area contributed by atoms with Crippen LogP contribution in [0.1, 0.15) is 11.7 Å². The third-order valence-electron chi connectivity index (χ3n) is 3.13. The van der Waals surface area contributed by atoms with Gasteiger partial charge in [0, 0.05) is 19.9 Å². The highest BCUT2D eigenvalue weighted by molar-refractivity contribution is 5.88. The monoisotopic (exact) mass is 322 g/mol. The molecule has 1 atom stereocenters. The summed E-state index contributed by atoms with van der Waals surface area (Å²) in [4.78, 5) is 11.8. The maximum Gasteiger partial charge on any atom is 0.319 e. The fraction of sp³-hybridized carbons (Fsp3) is 0.333. The van der Waals surface area contributed by atoms with Gasteiger partial charge in [0.15, 0.2) is 0 Å². The number of carbonyl (C=O) groups is 1. The number of hydrogen-bond donors (Lipinski definition) is 3. The van der Waals surface area contributed by atoms with Crippen molar-refractivity contribution in [1.82, 2.24) is 15.1 Å². The molecule has 8 heteroatoms. The number of hydrogen-bond acceptors (Lipinski definition) is 4. The van der Waals surface area contributed by atoms with Crippen molar-refractivity contribution in [1.29, 1.82) is 0 Å². The van der Waals surface area contributed by atoms with Crippen LogP contribution in [0.2, 0.25) is 0 Å². The number of aromatic nitrogens is 2. The smallest absolute Gasteiger partial charge is 0.319 e. The average molecular weight is 322 g/mol. The normalized spacial score (nSPS) is 12.0. The molecule has 124 valence electrons. The van der Waals surface area contributed by atoms with E-state index in [0.717, 1.165) is 0 Å². The molecule has 2 amide bonds. The molecular formula is C15H19FN4O3. The van der Waals surface area contributed by atoms with E-state index >= 15 is 0 Å². The van der Waals surface area contributed by atoms with E-state index in [4.69, 9.17) is 4.74 Å². The minimum Gasteiger partial charge on any atom is -0.387 e. The summed E-state index contributed by atoms with van der Waals surface area (Å²) in [7, 11) is 1.60. The second kappa shape index (κ2) is 8.25. The van der Waals surface area contributed by atoms with Gasteiger partial charge in [-0.2, -0.15) is 5.10 Å². The van der Waals surface area contributed by atoms with Crippen LogP contribution in [0.15, 0.2) is 36.7 Å². The van der Waals surface area contributed by atoms with E-state index < -0.39 is 12.1 Å². The van der Waals surface area contributed by atoms with Crippen molar-refractivity contribution >= 4 is 11.7 Å². The molecule has 23 heavy (non-hydrogen) atoms. The lowest BCUT2D eigenvalue weighted by molar-refractivity contribution is 0.175. The zero-order valence-corrected chi connectivity index (χ0v) is 12.7. The van der Waals surface area contributed by atoms with Crippen molar-refractivity contribution in [2.75, 3.05) is 25.6 Å². The molecule has 0 aliphatic rings. The first-order chi connectivity index (χ1) is 11.1. The molecule has 2 aromatic rings. The van der Waals surface area contributed by atoms with Gasteiger partial charge in [0.05, 0.1) is 31.1 Å². The summed E-state index contributed by atoms with van der Waals surface area (Å²) >= 11 is 0. The number of aliphatic hydroxyl groups excluding tert-OH is 1. The van der Waals surface area contributed by atoms with Gasteiger partial charge in [-0.25, -0.2) is 9.18 Å². The van der Waals surface area contributed by atoms with Gasteiger partial charge in [-0.3, -0.25) is 4.68 Å². The number of anilines is 1. The second-order valence-electron chi connectivity index (χ2n) is 4.89. The number of rotatable bonds is 7. The number of aliphatic hydroxyl groups is 1. The van der Waals surface area contributed by atoms with Crippen molar-refractivity contribution < 1.29 is 19.0 Å². The Bertz CT molecular complexity index is 630. The molecule has 0 saturated carbocycles. The van der Waals surface area contributed by atoms with E-state index in [-0.39, 0.29) is 12.4 Å². The molecule has 1 aromatic heterocycles. The van der Waals surface area contributed by atoms with Crippen LogP contribution in [0, 0.1) is 5.82 Å². The van der Waals surface area contributed by atoms with Crippen LogP contribution in [-0.4, -0.2) is 41.2 Å². The summed E-state index contributed by atoms with van der Waals surface area (Å²) in [6, 6.07) is 5.00. The van der Waals surface area contributed by atoms with Crippen LogP contribution >= 0.6 is 0 Å². The number of carbonyl (C=O) groups excluding carboxylic acids is 1. The van der Waals surface area contributed by atoms with Gasteiger partial charge in [0.25, 0.3) is 0 Å². The predicted octanol–water partition coefficient (Wildman–Crippen LogP) is 1.52. The zero-order valence-electron chi connectivity index (χ0n) is 12.7. The van der Waals surface area contributed by atoms with Gasteiger partial charge in [0.1, 0.15) is 5.82 Å². The molecule has 0 bridgehead atoms. The minimum atomic E-state index is -0.911. The van der Waals surface area contributed by atoms with Gasteiger partial charge in [-0.1, -0.05) is 12.1 Å². The molecule has 0 radical (unpaired) electrons. The Balaban J connectivity index is 1.78. The topological polar surface area (TPSA) is 88.4 Å². The molecule has 1 unspecified atom stereocenters. The number of benzene rings is 1. The Labute approximate surface area is 133 Å². The lowest BCUT2D eigenvalue weighted by Gasteiger charge is -2.12. The minimum absolute atomic E-state index is 0.00920. The van der Waals surface area contributed by atoms with Crippen LogP contribution < -0.4 is 10.6 Å². The number of ether oxygens (including phenoxy) is 1. The summed E-state index contributed by atoms with van der Waals surface area (Å²) in [5.74, 6) is -0.378. The lowest BCUT2D eigenvalue weighted by Crippen LogP contribution is -2.32. The first-order valence-electron chi connectivity index (χ1n) is 7.08. The van der Waals surface area contributed by atoms with Crippen LogP contribution in [0.4, 0.5) is 14.9 Å². The number of nitrogens with one attached hydrogen (secondary N) is 2. The zero-order chi connectivity index (χ0) is 16.7. The van der Waals surface area contributed by atoms with Crippen molar-refractivity contribution in [3.63, 3.8) is 0 Å². The van der Waals surface area contributed by atoms with Crippen LogP contribution in [0.3, 0.4) is 0 Å². The number of halogens is 1. The molecule has 1 aromatic carbocycles. The fourth-order valence-corrected chi connectivity index (χ4v) is 1.90. The highest BCUT2D eigenvalue weighted by atomic mass is 19.1. The maximum atomic E-state index is 12.8. The second-order valence-corrected chi connectivity index (χ2v) is 4.89. The SMILES string of the molecule is COCCn1cc(NC(=O)NCC(O)c2ccc(F)cc2)cn1. The summed E-state index contributed by atoms with van der Waals surface area (Å²) in [6.45, 7) is 1.12. The number of methoxy groups -OCH3 is 1. The fourth-order valence-electron chi connectivity index (χ4n) is 1.90. The van der Waals surface area contributed by atoms with Crippen molar-refractivity contribution in [3.05, 3.63) is 48.0 Å². The standard InChI is InChI=1S/C15H19FN4O3/c1-23-7-6-20-10-13(8-18-20)19-15(22)17-9-14(21)11-2-4-12(16)5-3-11/h2-5,8,10,14,21H,6-7,9H2,1H3,(H2,17,19,22). The summed E-state index contributed by atoms with van der Waals surface area (Å²) < 4.78 is 19.4. The van der Waals surface area contributed by atoms with Gasteiger partial charge < -0.3 is 20.5 Å². The lowest BCUT2D eigenvalue weighted by atomic mass is 10.1. The third kappa shape index (κ3) is 5.35. The van der Waals surface area contributed by atoms with E-state index in [2.05, 4.69) is 15.7 Å². The maximum absolute atomic E-state index is 12.8. The number of nitrogens with zero attached hydrogens (tertiary/aromatic N) is 2. The molecule has 0 aliphatic carbocycles. The Morgan fingerprint density at radius 1 is 1.43 bits per heavy atom. The number of urea groups is 1. The Morgan fingerprint density at radius 3 is 2.87 bits per heavy atom. The van der Waals surface area contributed by atoms with Gasteiger partial charge in [0.2, 0.25) is 0 Å². The van der Waals surface area contributed by atoms with Gasteiger partial charge in [-0.15, -0.1) is 0 Å². The van der Waals surface area contributed by atoms with E-state index in [1.54, 1.807) is 18.0 Å². The molecule has 2 rings (SSSR count). The van der Waals surface area contributed by atoms with Crippen molar-refractivity contribution in [3.8, 4) is 0 Å². The largest absolute Gasteiger partial charge is 0.387 e. The Hall–Kier alpha value is -2.45. The van der Waals surface area contributed by atoms with Crippen LogP contribution in [0.5, 0.6) is 0 Å². The summed E-state index contributed by atoms with van der Waals surface area (Å²) in [6.07, 6.45) is 2.28. The van der Waals surface area contributed by atoms with Crippen molar-refractivity contribution in [2.45, 2.75) is 12.6 Å². The van der Waals surface area contributed by atoms with E-state index in [1.165, 1.54) is 30.5 Å². The van der Waals surface area contributed by atoms with E-state index in [0.29, 0.717) is 24.4 Å². The summed E-state index contributed by atoms with van der Waals surface area (Å²) in [5.41, 5.74) is 1.06. The first kappa shape index (κ1) is 16.9. The molecule has 0 fully saturated rings. The van der Waals surface area contributed by atoms with Crippen LogP contribution in [0.25, 0.3) is 0 Å². The molecular weight excluding hydrogens is 303 g/mol. The van der Waals surface area contributed by atoms with Crippen LogP contribution in [-0.2, 0) is 11.3 Å². The molecule has 0 saturated heterocycles. The quantitative estimate of drug-likeness (QED) is 0.721. The third-order valence-corrected chi connectivity index (χ3v) is 3.13. The molecule has 3 N–H and O–H groups in total. The number of amides is 2. The molecule has 1 heterocycles. The average Bonchev–Trinajstić information content (AvgIpc) is 2.98. The van der Waals surface area contributed by atoms with E-state index in [1.807, 2.05) is 0 Å². The first-order valence-corrected chi connectivity index (χ1v) is 7.08. The Kier molecular flexibility index (Phi) is 6.07. The molecule has 0 aliphatic heterocycles. The van der Waals surface area contributed by atoms with E-state index in [9.17, 15) is 14.3 Å². The van der Waals surface area contributed by atoms with Crippen molar-refractivity contribution in [2.24, 2.45) is 0 Å². The highest BCUT2D eigenvalue weighted by Gasteiger charge is 2.10. The predicted molar refractivity (Wildman–Crippen MR) is 82.5 cm³/mol.